The molecule has 4 heteroatoms. The van der Waals surface area contributed by atoms with Crippen LogP contribution in [0, 0.1) is 0 Å². The number of thioether (sulfide) groups is 1. The fourth-order valence-electron chi connectivity index (χ4n) is 4.17. The summed E-state index contributed by atoms with van der Waals surface area (Å²) in [5.74, 6) is 0.129. The van der Waals surface area contributed by atoms with Crippen LogP contribution in [-0.2, 0) is 0 Å². The number of nitrogens with zero attached hydrogens (tertiary/aromatic N) is 1. The van der Waals surface area contributed by atoms with Crippen LogP contribution in [-0.4, -0.2) is 15.2 Å². The molecule has 4 rings (SSSR count). The highest BCUT2D eigenvalue weighted by Crippen LogP contribution is 2.34. The number of fused-ring (bicyclic) bond motifs is 1. The first kappa shape index (κ1) is 18.3. The fraction of sp³-hybridized carbons (Fsp3) is 0.391. The maximum atomic E-state index is 12.4. The van der Waals surface area contributed by atoms with Gasteiger partial charge in [0.2, 0.25) is 0 Å². The van der Waals surface area contributed by atoms with E-state index in [0.29, 0.717) is 5.25 Å². The molecule has 1 atom stereocenters. The molecule has 0 radical (unpaired) electrons. The fourth-order valence-corrected chi connectivity index (χ4v) is 5.37. The number of nitrogens with one attached hydrogen (secondary N) is 1. The Bertz CT molecular complexity index is 970. The van der Waals surface area contributed by atoms with Gasteiger partial charge in [-0.2, -0.15) is 0 Å². The normalized spacial score (nSPS) is 16.5. The van der Waals surface area contributed by atoms with Crippen LogP contribution in [0.1, 0.15) is 62.6 Å². The Labute approximate surface area is 164 Å². The molecule has 27 heavy (non-hydrogen) atoms. The molecular weight excluding hydrogens is 352 g/mol. The van der Waals surface area contributed by atoms with E-state index in [1.165, 1.54) is 48.4 Å². The summed E-state index contributed by atoms with van der Waals surface area (Å²) in [5.41, 5.74) is 2.09. The minimum atomic E-state index is -0.0444. The second-order valence-electron chi connectivity index (χ2n) is 7.38. The van der Waals surface area contributed by atoms with E-state index in [1.807, 2.05) is 0 Å². The van der Waals surface area contributed by atoms with Crippen LogP contribution < -0.4 is 5.56 Å². The van der Waals surface area contributed by atoms with E-state index >= 15 is 0 Å². The quantitative estimate of drug-likeness (QED) is 0.563. The van der Waals surface area contributed by atoms with Gasteiger partial charge in [0, 0.05) is 17.2 Å². The number of aromatic nitrogens is 2. The van der Waals surface area contributed by atoms with Crippen LogP contribution in [0.2, 0.25) is 0 Å². The number of hydrogen-bond acceptors (Lipinski definition) is 3. The smallest absolute Gasteiger partial charge is 0.251 e. The average molecular weight is 379 g/mol. The summed E-state index contributed by atoms with van der Waals surface area (Å²) in [6.45, 7) is 2.17. The van der Waals surface area contributed by atoms with E-state index in [1.54, 1.807) is 17.8 Å². The maximum Gasteiger partial charge on any atom is 0.251 e. The lowest BCUT2D eigenvalue weighted by molar-refractivity contribution is 0.515. The van der Waals surface area contributed by atoms with Crippen molar-refractivity contribution in [2.45, 2.75) is 61.8 Å². The van der Waals surface area contributed by atoms with Gasteiger partial charge in [0.1, 0.15) is 0 Å². The van der Waals surface area contributed by atoms with E-state index in [9.17, 15) is 4.79 Å². The summed E-state index contributed by atoms with van der Waals surface area (Å²) in [6.07, 6.45) is 7.26. The Morgan fingerprint density at radius 2 is 1.89 bits per heavy atom. The van der Waals surface area contributed by atoms with E-state index in [-0.39, 0.29) is 11.5 Å². The third-order valence-electron chi connectivity index (χ3n) is 5.53. The van der Waals surface area contributed by atoms with Crippen molar-refractivity contribution in [3.05, 3.63) is 70.1 Å². The molecule has 1 aromatic heterocycles. The van der Waals surface area contributed by atoms with Gasteiger partial charge < -0.3 is 4.98 Å². The Balaban J connectivity index is 1.70. The predicted molar refractivity (Wildman–Crippen MR) is 114 cm³/mol. The lowest BCUT2D eigenvalue weighted by Crippen LogP contribution is -2.16. The monoisotopic (exact) mass is 378 g/mol. The van der Waals surface area contributed by atoms with Gasteiger partial charge >= 0.3 is 0 Å². The molecular formula is C23H26N2OS. The van der Waals surface area contributed by atoms with Gasteiger partial charge in [0.25, 0.3) is 5.56 Å². The average Bonchev–Trinajstić information content (AvgIpc) is 2.69. The van der Waals surface area contributed by atoms with Crippen LogP contribution in [0.3, 0.4) is 0 Å². The van der Waals surface area contributed by atoms with Gasteiger partial charge in [-0.15, -0.1) is 0 Å². The largest absolute Gasteiger partial charge is 0.301 e. The summed E-state index contributed by atoms with van der Waals surface area (Å²) in [4.78, 5) is 20.2. The van der Waals surface area contributed by atoms with Gasteiger partial charge in [-0.1, -0.05) is 80.4 Å². The molecule has 1 saturated carbocycles. The molecule has 1 aliphatic rings. The van der Waals surface area contributed by atoms with Crippen molar-refractivity contribution >= 4 is 22.5 Å². The summed E-state index contributed by atoms with van der Waals surface area (Å²) >= 11 is 1.75. The molecule has 0 spiro atoms. The van der Waals surface area contributed by atoms with Crippen molar-refractivity contribution in [3.63, 3.8) is 0 Å². The Kier molecular flexibility index (Phi) is 5.63. The zero-order chi connectivity index (χ0) is 18.6. The molecule has 1 unspecified atom stereocenters. The first-order valence-corrected chi connectivity index (χ1v) is 10.9. The molecule has 1 heterocycles. The number of aromatic amines is 1. The molecule has 140 valence electrons. The molecule has 0 bridgehead atoms. The highest BCUT2D eigenvalue weighted by molar-refractivity contribution is 7.99. The minimum absolute atomic E-state index is 0.0444. The lowest BCUT2D eigenvalue weighted by atomic mass is 9.89. The first-order valence-electron chi connectivity index (χ1n) is 10.00. The van der Waals surface area contributed by atoms with Crippen molar-refractivity contribution < 1.29 is 0 Å². The van der Waals surface area contributed by atoms with E-state index in [2.05, 4.69) is 54.4 Å². The van der Waals surface area contributed by atoms with Crippen molar-refractivity contribution in [2.24, 2.45) is 0 Å². The Morgan fingerprint density at radius 3 is 2.70 bits per heavy atom. The van der Waals surface area contributed by atoms with Gasteiger partial charge in [-0.25, -0.2) is 4.98 Å². The summed E-state index contributed by atoms with van der Waals surface area (Å²) in [6, 6.07) is 16.5. The van der Waals surface area contributed by atoms with Crippen LogP contribution >= 0.6 is 11.8 Å². The highest BCUT2D eigenvalue weighted by atomic mass is 32.2. The van der Waals surface area contributed by atoms with Crippen LogP contribution in [0.4, 0.5) is 0 Å². The predicted octanol–water partition coefficient (Wildman–Crippen LogP) is 5.89. The van der Waals surface area contributed by atoms with E-state index < -0.39 is 0 Å². The van der Waals surface area contributed by atoms with E-state index in [4.69, 9.17) is 4.98 Å². The molecule has 3 aromatic rings. The number of benzene rings is 2. The van der Waals surface area contributed by atoms with Crippen LogP contribution in [0.5, 0.6) is 0 Å². The first-order chi connectivity index (χ1) is 13.2. The van der Waals surface area contributed by atoms with Crippen molar-refractivity contribution in [2.75, 3.05) is 0 Å². The lowest BCUT2D eigenvalue weighted by Gasteiger charge is -2.21. The molecule has 3 nitrogen and oxygen atoms in total. The maximum absolute atomic E-state index is 12.4. The number of H-pyrrole nitrogens is 1. The van der Waals surface area contributed by atoms with Gasteiger partial charge in [-0.05, 0) is 35.6 Å². The summed E-state index contributed by atoms with van der Waals surface area (Å²) in [7, 11) is 0. The van der Waals surface area contributed by atoms with Crippen LogP contribution in [0.15, 0.2) is 58.5 Å². The van der Waals surface area contributed by atoms with E-state index in [0.717, 1.165) is 17.3 Å². The second kappa shape index (κ2) is 8.30. The SMILES string of the molecule is CCC(c1cc(=O)[nH]c(SC2CCCCC2)n1)c1cccc2ccccc12. The molecule has 1 aliphatic carbocycles. The van der Waals surface area contributed by atoms with Gasteiger partial charge in [-0.3, -0.25) is 4.79 Å². The summed E-state index contributed by atoms with van der Waals surface area (Å²) < 4.78 is 0. The minimum Gasteiger partial charge on any atom is -0.301 e. The third kappa shape index (κ3) is 4.11. The molecule has 2 aromatic carbocycles. The number of rotatable bonds is 5. The standard InChI is InChI=1S/C23H26N2OS/c1-2-18(20-14-8-10-16-9-6-7-13-19(16)20)21-15-22(26)25-23(24-21)27-17-11-4-3-5-12-17/h6-10,13-15,17-18H,2-5,11-12H2,1H3,(H,24,25,26). The van der Waals surface area contributed by atoms with Gasteiger partial charge in [0.15, 0.2) is 5.16 Å². The van der Waals surface area contributed by atoms with Crippen molar-refractivity contribution in [3.8, 4) is 0 Å². The number of hydrogen-bond donors (Lipinski definition) is 1. The zero-order valence-corrected chi connectivity index (χ0v) is 16.6. The van der Waals surface area contributed by atoms with Crippen molar-refractivity contribution in [1.82, 2.24) is 9.97 Å². The molecule has 1 N–H and O–H groups in total. The molecule has 0 amide bonds. The molecule has 0 saturated heterocycles. The third-order valence-corrected chi connectivity index (χ3v) is 6.76. The highest BCUT2D eigenvalue weighted by Gasteiger charge is 2.20. The Hall–Kier alpha value is -2.07. The topological polar surface area (TPSA) is 45.8 Å². The summed E-state index contributed by atoms with van der Waals surface area (Å²) in [5, 5.41) is 3.84. The van der Waals surface area contributed by atoms with Crippen LogP contribution in [0.25, 0.3) is 10.8 Å². The van der Waals surface area contributed by atoms with Crippen molar-refractivity contribution in [1.29, 1.82) is 0 Å². The molecule has 0 aliphatic heterocycles. The zero-order valence-electron chi connectivity index (χ0n) is 15.8. The Morgan fingerprint density at radius 1 is 1.11 bits per heavy atom. The van der Waals surface area contributed by atoms with Gasteiger partial charge in [0.05, 0.1) is 5.69 Å². The second-order valence-corrected chi connectivity index (χ2v) is 8.67. The molecule has 1 fully saturated rings.